The van der Waals surface area contributed by atoms with E-state index >= 15 is 0 Å². The lowest BCUT2D eigenvalue weighted by molar-refractivity contribution is -0.122. The van der Waals surface area contributed by atoms with Crippen LogP contribution in [0.3, 0.4) is 0 Å². The van der Waals surface area contributed by atoms with Gasteiger partial charge in [-0.3, -0.25) is 24.0 Å². The van der Waals surface area contributed by atoms with E-state index in [2.05, 4.69) is 34.7 Å². The van der Waals surface area contributed by atoms with E-state index in [4.69, 9.17) is 5.10 Å². The summed E-state index contributed by atoms with van der Waals surface area (Å²) in [6, 6.07) is 2.33. The Morgan fingerprint density at radius 3 is 2.78 bits per heavy atom. The van der Waals surface area contributed by atoms with E-state index in [0.717, 1.165) is 72.2 Å². The van der Waals surface area contributed by atoms with Gasteiger partial charge in [0.2, 0.25) is 0 Å². The minimum atomic E-state index is -0.276. The van der Waals surface area contributed by atoms with Crippen molar-refractivity contribution < 1.29 is 9.18 Å². The molecule has 0 unspecified atom stereocenters. The zero-order valence-electron chi connectivity index (χ0n) is 21.2. The van der Waals surface area contributed by atoms with E-state index in [0.29, 0.717) is 12.5 Å². The SMILES string of the molecule is CCc1nc(C)cn2nc(C3=C\C(=O)N4C=C(N5CCN(CCCF)[C@H](C)C5)C=C\C4=C/C=C/3)cc12. The van der Waals surface area contributed by atoms with Crippen LogP contribution < -0.4 is 0 Å². The fraction of sp³-hybridized carbons (Fsp3) is 0.393. The third kappa shape index (κ3) is 4.78. The number of allylic oxidation sites excluding steroid dienone is 6. The summed E-state index contributed by atoms with van der Waals surface area (Å²) in [7, 11) is 0. The predicted octanol–water partition coefficient (Wildman–Crippen LogP) is 4.04. The first-order valence-electron chi connectivity index (χ1n) is 12.7. The first kappa shape index (κ1) is 24.2. The molecule has 0 aromatic carbocycles. The van der Waals surface area contributed by atoms with Crippen LogP contribution in [-0.2, 0) is 11.2 Å². The Morgan fingerprint density at radius 2 is 2.00 bits per heavy atom. The molecule has 1 saturated heterocycles. The van der Waals surface area contributed by atoms with Crippen molar-refractivity contribution in [1.29, 1.82) is 0 Å². The van der Waals surface area contributed by atoms with Crippen LogP contribution >= 0.6 is 0 Å². The maximum atomic E-state index is 13.4. The number of halogens is 1. The third-order valence-electron chi connectivity index (χ3n) is 7.02. The van der Waals surface area contributed by atoms with Crippen molar-refractivity contribution in [3.8, 4) is 0 Å². The second-order valence-corrected chi connectivity index (χ2v) is 9.56. The molecular formula is C28H33FN6O. The minimum absolute atomic E-state index is 0.112. The summed E-state index contributed by atoms with van der Waals surface area (Å²) in [4.78, 5) is 24.4. The van der Waals surface area contributed by atoms with Gasteiger partial charge in [0.05, 0.1) is 41.2 Å². The molecule has 5 heterocycles. The average Bonchev–Trinajstić information content (AvgIpc) is 3.29. The molecule has 2 aromatic rings. The number of aryl methyl sites for hydroxylation is 2. The number of fused-ring (bicyclic) bond motifs is 2. The summed E-state index contributed by atoms with van der Waals surface area (Å²) < 4.78 is 14.5. The van der Waals surface area contributed by atoms with Gasteiger partial charge in [-0.15, -0.1) is 0 Å². The van der Waals surface area contributed by atoms with Gasteiger partial charge < -0.3 is 4.90 Å². The highest BCUT2D eigenvalue weighted by atomic mass is 19.1. The second-order valence-electron chi connectivity index (χ2n) is 9.56. The highest BCUT2D eigenvalue weighted by molar-refractivity contribution is 5.99. The van der Waals surface area contributed by atoms with Crippen molar-refractivity contribution in [2.75, 3.05) is 32.9 Å². The Labute approximate surface area is 211 Å². The topological polar surface area (TPSA) is 57.0 Å². The largest absolute Gasteiger partial charge is 0.367 e. The summed E-state index contributed by atoms with van der Waals surface area (Å²) in [6.45, 7) is 9.32. The van der Waals surface area contributed by atoms with Crippen LogP contribution in [0.25, 0.3) is 11.1 Å². The lowest BCUT2D eigenvalue weighted by Crippen LogP contribution is -2.51. The van der Waals surface area contributed by atoms with Crippen LogP contribution in [0, 0.1) is 6.92 Å². The number of hydrogen-bond acceptors (Lipinski definition) is 5. The van der Waals surface area contributed by atoms with E-state index in [1.165, 1.54) is 0 Å². The molecule has 0 saturated carbocycles. The number of carbonyl (C=O) groups is 1. The number of piperazine rings is 1. The molecule has 1 atom stereocenters. The maximum Gasteiger partial charge on any atom is 0.255 e. The molecule has 0 aliphatic carbocycles. The molecule has 0 spiro atoms. The number of carbonyl (C=O) groups excluding carboxylic acids is 1. The molecule has 2 aromatic heterocycles. The second kappa shape index (κ2) is 10.2. The average molecular weight is 489 g/mol. The summed E-state index contributed by atoms with van der Waals surface area (Å²) in [5.74, 6) is -0.112. The zero-order valence-corrected chi connectivity index (χ0v) is 21.2. The van der Waals surface area contributed by atoms with Gasteiger partial charge in [0.25, 0.3) is 5.91 Å². The monoisotopic (exact) mass is 488 g/mol. The van der Waals surface area contributed by atoms with Crippen LogP contribution in [0.1, 0.15) is 37.4 Å². The molecule has 8 heteroatoms. The maximum absolute atomic E-state index is 13.4. The van der Waals surface area contributed by atoms with Gasteiger partial charge in [0.1, 0.15) is 0 Å². The van der Waals surface area contributed by atoms with E-state index in [9.17, 15) is 9.18 Å². The van der Waals surface area contributed by atoms with E-state index in [1.54, 1.807) is 11.0 Å². The van der Waals surface area contributed by atoms with Crippen molar-refractivity contribution in [2.24, 2.45) is 0 Å². The minimum Gasteiger partial charge on any atom is -0.367 e. The Bertz CT molecular complexity index is 1320. The molecule has 5 rings (SSSR count). The molecule has 188 valence electrons. The smallest absolute Gasteiger partial charge is 0.255 e. The number of nitrogens with zero attached hydrogens (tertiary/aromatic N) is 6. The molecular weight excluding hydrogens is 455 g/mol. The van der Waals surface area contributed by atoms with Crippen molar-refractivity contribution in [3.63, 3.8) is 0 Å². The summed E-state index contributed by atoms with van der Waals surface area (Å²) >= 11 is 0. The highest BCUT2D eigenvalue weighted by Gasteiger charge is 2.27. The molecule has 0 bridgehead atoms. The van der Waals surface area contributed by atoms with Crippen molar-refractivity contribution in [3.05, 3.63) is 83.4 Å². The predicted molar refractivity (Wildman–Crippen MR) is 140 cm³/mol. The van der Waals surface area contributed by atoms with Crippen LogP contribution in [0.2, 0.25) is 0 Å². The lowest BCUT2D eigenvalue weighted by Gasteiger charge is -2.42. The van der Waals surface area contributed by atoms with Gasteiger partial charge in [-0.25, -0.2) is 4.52 Å². The third-order valence-corrected chi connectivity index (χ3v) is 7.02. The molecule has 0 N–H and O–H groups in total. The normalized spacial score (nSPS) is 24.5. The van der Waals surface area contributed by atoms with Gasteiger partial charge in [0, 0.05) is 55.8 Å². The van der Waals surface area contributed by atoms with Crippen molar-refractivity contribution in [2.45, 2.75) is 39.7 Å². The zero-order chi connectivity index (χ0) is 25.2. The van der Waals surface area contributed by atoms with E-state index in [1.807, 2.05) is 54.2 Å². The van der Waals surface area contributed by atoms with Gasteiger partial charge in [-0.1, -0.05) is 19.1 Å². The summed E-state index contributed by atoms with van der Waals surface area (Å²) in [6.07, 6.45) is 16.8. The highest BCUT2D eigenvalue weighted by Crippen LogP contribution is 2.27. The standard InChI is InChI=1S/C28H33FN6O/c1-4-25-27-16-26(31-35(27)17-20(2)30-25)22-7-5-8-23-9-10-24(19-34(23)28(36)15-22)33-14-13-32(12-6-11-29)21(3)18-33/h5,7-10,15-17,19,21H,4,6,11-14,18H2,1-3H3/b7-5+,22-15+,23-8+/t21-/m1/s1. The Morgan fingerprint density at radius 1 is 1.17 bits per heavy atom. The Hall–Kier alpha value is -3.52. The van der Waals surface area contributed by atoms with Gasteiger partial charge in [-0.2, -0.15) is 5.10 Å². The Kier molecular flexibility index (Phi) is 6.87. The molecule has 7 nitrogen and oxygen atoms in total. The number of amides is 1. The van der Waals surface area contributed by atoms with Crippen LogP contribution in [0.15, 0.2) is 66.3 Å². The molecule has 0 radical (unpaired) electrons. The fourth-order valence-corrected chi connectivity index (χ4v) is 5.09. The molecule has 3 aliphatic heterocycles. The van der Waals surface area contributed by atoms with Gasteiger partial charge >= 0.3 is 0 Å². The van der Waals surface area contributed by atoms with Crippen LogP contribution in [0.5, 0.6) is 0 Å². The Balaban J connectivity index is 1.40. The molecule has 36 heavy (non-hydrogen) atoms. The number of rotatable bonds is 6. The first-order valence-corrected chi connectivity index (χ1v) is 12.7. The number of alkyl halides is 1. The van der Waals surface area contributed by atoms with Gasteiger partial charge in [0.15, 0.2) is 0 Å². The summed E-state index contributed by atoms with van der Waals surface area (Å²) in [5.41, 5.74) is 6.21. The number of hydrogen-bond donors (Lipinski definition) is 0. The fourth-order valence-electron chi connectivity index (χ4n) is 5.09. The van der Waals surface area contributed by atoms with Crippen LogP contribution in [-0.4, -0.2) is 74.1 Å². The lowest BCUT2D eigenvalue weighted by atomic mass is 10.1. The molecule has 1 fully saturated rings. The first-order chi connectivity index (χ1) is 17.5. The molecule has 3 aliphatic rings. The van der Waals surface area contributed by atoms with E-state index < -0.39 is 0 Å². The van der Waals surface area contributed by atoms with E-state index in [-0.39, 0.29) is 12.6 Å². The van der Waals surface area contributed by atoms with Crippen molar-refractivity contribution >= 4 is 17.0 Å². The van der Waals surface area contributed by atoms with Crippen molar-refractivity contribution in [1.82, 2.24) is 29.3 Å². The summed E-state index contributed by atoms with van der Waals surface area (Å²) in [5, 5.41) is 4.74. The van der Waals surface area contributed by atoms with Gasteiger partial charge in [-0.05, 0) is 51.0 Å². The quantitative estimate of drug-likeness (QED) is 0.614. The molecule has 1 amide bonds. The number of aromatic nitrogens is 3. The van der Waals surface area contributed by atoms with Crippen LogP contribution in [0.4, 0.5) is 4.39 Å².